The summed E-state index contributed by atoms with van der Waals surface area (Å²) in [6, 6.07) is 0.479. The minimum Gasteiger partial charge on any atom is -0.338 e. The molecule has 18 heavy (non-hydrogen) atoms. The fraction of sp³-hybridized carbons (Fsp3) is 0.800. The van der Waals surface area contributed by atoms with E-state index in [2.05, 4.69) is 29.3 Å². The van der Waals surface area contributed by atoms with E-state index in [0.717, 1.165) is 45.1 Å². The molecule has 1 aliphatic heterocycles. The van der Waals surface area contributed by atoms with Crippen molar-refractivity contribution in [1.82, 2.24) is 10.2 Å². The van der Waals surface area contributed by atoms with Crippen molar-refractivity contribution in [3.8, 4) is 0 Å². The Balaban J connectivity index is 2.07. The highest BCUT2D eigenvalue weighted by Gasteiger charge is 2.32. The fourth-order valence-electron chi connectivity index (χ4n) is 3.16. The third-order valence-electron chi connectivity index (χ3n) is 4.37. The highest BCUT2D eigenvalue weighted by Crippen LogP contribution is 2.24. The van der Waals surface area contributed by atoms with E-state index in [-0.39, 0.29) is 6.04 Å². The average molecular weight is 250 g/mol. The van der Waals surface area contributed by atoms with E-state index in [1.54, 1.807) is 0 Å². The van der Waals surface area contributed by atoms with Crippen molar-refractivity contribution in [3.05, 3.63) is 12.2 Å². The molecule has 1 saturated heterocycles. The van der Waals surface area contributed by atoms with Crippen molar-refractivity contribution >= 4 is 5.91 Å². The van der Waals surface area contributed by atoms with Crippen LogP contribution in [-0.2, 0) is 4.79 Å². The molecule has 2 unspecified atom stereocenters. The van der Waals surface area contributed by atoms with Gasteiger partial charge in [-0.1, -0.05) is 19.1 Å². The van der Waals surface area contributed by atoms with Crippen molar-refractivity contribution < 1.29 is 4.79 Å². The van der Waals surface area contributed by atoms with Gasteiger partial charge in [-0.05, 0) is 51.5 Å². The van der Waals surface area contributed by atoms with Gasteiger partial charge in [0.1, 0.15) is 0 Å². The van der Waals surface area contributed by atoms with Gasteiger partial charge in [-0.2, -0.15) is 0 Å². The van der Waals surface area contributed by atoms with E-state index in [1.165, 1.54) is 0 Å². The number of nitrogens with zero attached hydrogens (tertiary/aromatic N) is 1. The van der Waals surface area contributed by atoms with Gasteiger partial charge in [0.15, 0.2) is 0 Å². The van der Waals surface area contributed by atoms with Gasteiger partial charge < -0.3 is 10.2 Å². The summed E-state index contributed by atoms with van der Waals surface area (Å²) in [6.45, 7) is 3.21. The molecule has 2 rings (SSSR count). The maximum Gasteiger partial charge on any atom is 0.239 e. The summed E-state index contributed by atoms with van der Waals surface area (Å²) in [4.78, 5) is 14.7. The number of rotatable bonds is 2. The summed E-state index contributed by atoms with van der Waals surface area (Å²) in [5.74, 6) is 0.967. The van der Waals surface area contributed by atoms with Crippen LogP contribution in [0.25, 0.3) is 0 Å². The van der Waals surface area contributed by atoms with Crippen LogP contribution in [-0.4, -0.2) is 36.5 Å². The number of nitrogens with one attached hydrogen (secondary N) is 1. The molecule has 3 heteroatoms. The molecule has 0 bridgehead atoms. The Kier molecular flexibility index (Phi) is 4.81. The Bertz CT molecular complexity index is 304. The molecule has 1 amide bonds. The summed E-state index contributed by atoms with van der Waals surface area (Å²) in [5, 5.41) is 3.20. The molecule has 1 aliphatic carbocycles. The molecule has 1 fully saturated rings. The highest BCUT2D eigenvalue weighted by atomic mass is 16.2. The minimum absolute atomic E-state index is 0.0266. The van der Waals surface area contributed by atoms with E-state index >= 15 is 0 Å². The topological polar surface area (TPSA) is 32.3 Å². The van der Waals surface area contributed by atoms with E-state index in [9.17, 15) is 4.79 Å². The van der Waals surface area contributed by atoms with Crippen molar-refractivity contribution in [2.24, 2.45) is 5.92 Å². The van der Waals surface area contributed by atoms with Crippen LogP contribution in [0, 0.1) is 5.92 Å². The molecule has 0 spiro atoms. The van der Waals surface area contributed by atoms with Crippen LogP contribution in [0.5, 0.6) is 0 Å². The van der Waals surface area contributed by atoms with Gasteiger partial charge >= 0.3 is 0 Å². The molecular formula is C15H26N2O. The van der Waals surface area contributed by atoms with Crippen LogP contribution in [0.4, 0.5) is 0 Å². The predicted molar refractivity (Wildman–Crippen MR) is 74.4 cm³/mol. The van der Waals surface area contributed by atoms with Crippen LogP contribution in [0.1, 0.15) is 45.4 Å². The highest BCUT2D eigenvalue weighted by molar-refractivity contribution is 5.82. The Morgan fingerprint density at radius 3 is 2.50 bits per heavy atom. The second-order valence-electron chi connectivity index (χ2n) is 5.78. The monoisotopic (exact) mass is 250 g/mol. The summed E-state index contributed by atoms with van der Waals surface area (Å²) in [6.07, 6.45) is 11.2. The van der Waals surface area contributed by atoms with E-state index in [1.807, 2.05) is 7.05 Å². The molecular weight excluding hydrogens is 224 g/mol. The van der Waals surface area contributed by atoms with E-state index in [4.69, 9.17) is 0 Å². The Morgan fingerprint density at radius 1 is 1.22 bits per heavy atom. The summed E-state index contributed by atoms with van der Waals surface area (Å²) >= 11 is 0. The standard InChI is InChI=1S/C15H26N2O/c1-12-9-10-17(15(18)14(11-12)16-2)13-7-5-3-4-6-8-13/h3-4,12-14,16H,5-11H2,1-2H3. The molecule has 0 aromatic heterocycles. The molecule has 0 aromatic carbocycles. The van der Waals surface area contributed by atoms with Gasteiger partial charge in [0.2, 0.25) is 5.91 Å². The summed E-state index contributed by atoms with van der Waals surface area (Å²) in [7, 11) is 1.91. The number of allylic oxidation sites excluding steroid dienone is 2. The lowest BCUT2D eigenvalue weighted by Gasteiger charge is -2.32. The largest absolute Gasteiger partial charge is 0.338 e. The quantitative estimate of drug-likeness (QED) is 0.763. The zero-order chi connectivity index (χ0) is 13.0. The fourth-order valence-corrected chi connectivity index (χ4v) is 3.16. The van der Waals surface area contributed by atoms with Gasteiger partial charge in [-0.3, -0.25) is 4.79 Å². The van der Waals surface area contributed by atoms with E-state index < -0.39 is 0 Å². The number of carbonyl (C=O) groups excluding carboxylic acids is 1. The third-order valence-corrected chi connectivity index (χ3v) is 4.37. The first-order chi connectivity index (χ1) is 8.72. The molecule has 2 aliphatic rings. The first-order valence-corrected chi connectivity index (χ1v) is 7.35. The lowest BCUT2D eigenvalue weighted by Crippen LogP contribution is -2.48. The Hall–Kier alpha value is -0.830. The number of amides is 1. The van der Waals surface area contributed by atoms with Crippen LogP contribution < -0.4 is 5.32 Å². The second-order valence-corrected chi connectivity index (χ2v) is 5.78. The molecule has 0 aromatic rings. The van der Waals surface area contributed by atoms with Crippen LogP contribution in [0.15, 0.2) is 12.2 Å². The third kappa shape index (κ3) is 3.14. The van der Waals surface area contributed by atoms with Crippen molar-refractivity contribution in [1.29, 1.82) is 0 Å². The second kappa shape index (κ2) is 6.37. The normalized spacial score (nSPS) is 31.2. The summed E-state index contributed by atoms with van der Waals surface area (Å²) < 4.78 is 0. The molecule has 1 heterocycles. The minimum atomic E-state index is 0.0266. The lowest BCUT2D eigenvalue weighted by molar-refractivity contribution is -0.135. The molecule has 3 nitrogen and oxygen atoms in total. The maximum atomic E-state index is 12.6. The van der Waals surface area contributed by atoms with Crippen LogP contribution in [0.2, 0.25) is 0 Å². The predicted octanol–water partition coefficient (Wildman–Crippen LogP) is 2.33. The number of carbonyl (C=O) groups is 1. The Morgan fingerprint density at radius 2 is 1.89 bits per heavy atom. The smallest absolute Gasteiger partial charge is 0.239 e. The van der Waals surface area contributed by atoms with Crippen molar-refractivity contribution in [2.75, 3.05) is 13.6 Å². The molecule has 1 N–H and O–H groups in total. The molecule has 102 valence electrons. The van der Waals surface area contributed by atoms with Gasteiger partial charge in [-0.25, -0.2) is 0 Å². The van der Waals surface area contributed by atoms with E-state index in [0.29, 0.717) is 17.9 Å². The first-order valence-electron chi connectivity index (χ1n) is 7.35. The van der Waals surface area contributed by atoms with Gasteiger partial charge in [0.25, 0.3) is 0 Å². The average Bonchev–Trinajstić information content (AvgIpc) is 2.70. The van der Waals surface area contributed by atoms with Crippen LogP contribution >= 0.6 is 0 Å². The first kappa shape index (κ1) is 13.6. The Labute approximate surface area is 111 Å². The number of likely N-dealkylation sites (N-methyl/N-ethyl adjacent to an activating group) is 1. The zero-order valence-electron chi connectivity index (χ0n) is 11.7. The number of likely N-dealkylation sites (tertiary alicyclic amines) is 1. The lowest BCUT2D eigenvalue weighted by atomic mass is 10.0. The molecule has 0 radical (unpaired) electrons. The van der Waals surface area contributed by atoms with Gasteiger partial charge in [0, 0.05) is 12.6 Å². The van der Waals surface area contributed by atoms with Crippen molar-refractivity contribution in [3.63, 3.8) is 0 Å². The van der Waals surface area contributed by atoms with Crippen LogP contribution in [0.3, 0.4) is 0 Å². The summed E-state index contributed by atoms with van der Waals surface area (Å²) in [5.41, 5.74) is 0. The number of hydrogen-bond donors (Lipinski definition) is 1. The zero-order valence-corrected chi connectivity index (χ0v) is 11.7. The van der Waals surface area contributed by atoms with Gasteiger partial charge in [-0.15, -0.1) is 0 Å². The molecule has 2 atom stereocenters. The van der Waals surface area contributed by atoms with Gasteiger partial charge in [0.05, 0.1) is 6.04 Å². The van der Waals surface area contributed by atoms with Crippen molar-refractivity contribution in [2.45, 2.75) is 57.5 Å². The maximum absolute atomic E-state index is 12.6. The SMILES string of the molecule is CNC1CC(C)CCN(C2CCC=CCC2)C1=O. The number of hydrogen-bond acceptors (Lipinski definition) is 2. The molecule has 0 saturated carbocycles.